The summed E-state index contributed by atoms with van der Waals surface area (Å²) in [7, 11) is 0. The van der Waals surface area contributed by atoms with Crippen LogP contribution in [0.15, 0.2) is 60.7 Å². The maximum absolute atomic E-state index is 13.3. The van der Waals surface area contributed by atoms with Gasteiger partial charge in [0.15, 0.2) is 6.23 Å². The second kappa shape index (κ2) is 8.06. The fraction of sp³-hybridized carbons (Fsp3) is 0.227. The summed E-state index contributed by atoms with van der Waals surface area (Å²) in [5.41, 5.74) is 14.3. The highest BCUT2D eigenvalue weighted by Crippen LogP contribution is 2.31. The molecule has 2 heterocycles. The minimum atomic E-state index is -0.499. The Balaban J connectivity index is 1.49. The zero-order chi connectivity index (χ0) is 20.4. The topological polar surface area (TPSA) is 65.6 Å². The number of halogens is 1. The van der Waals surface area contributed by atoms with Crippen molar-refractivity contribution in [2.24, 2.45) is 0 Å². The molecule has 2 aromatic carbocycles. The number of carbonyl (C=O) groups is 1. The molecule has 0 bridgehead atoms. The number of anilines is 2. The van der Waals surface area contributed by atoms with Crippen molar-refractivity contribution in [3.63, 3.8) is 0 Å². The van der Waals surface area contributed by atoms with E-state index >= 15 is 0 Å². The molecule has 1 saturated heterocycles. The molecule has 1 amide bonds. The van der Waals surface area contributed by atoms with Crippen LogP contribution in [0.2, 0.25) is 0 Å². The molecular weight excluding hydrogens is 371 g/mol. The number of ether oxygens (including phenoxy) is 1. The molecule has 150 valence electrons. The summed E-state index contributed by atoms with van der Waals surface area (Å²) in [6, 6.07) is 12.2. The Hall–Kier alpha value is -3.16. The van der Waals surface area contributed by atoms with E-state index in [0.717, 1.165) is 33.6 Å². The molecule has 7 heteroatoms. The zero-order valence-corrected chi connectivity index (χ0v) is 16.2. The van der Waals surface area contributed by atoms with Crippen LogP contribution < -0.4 is 16.4 Å². The molecule has 2 aliphatic heterocycles. The van der Waals surface area contributed by atoms with Gasteiger partial charge in [-0.25, -0.2) is 4.39 Å². The van der Waals surface area contributed by atoms with Gasteiger partial charge in [-0.05, 0) is 54.3 Å². The van der Waals surface area contributed by atoms with Gasteiger partial charge in [-0.3, -0.25) is 4.79 Å². The number of carbonyl (C=O) groups excluding carboxylic acids is 1. The molecule has 0 saturated carbocycles. The van der Waals surface area contributed by atoms with Crippen molar-refractivity contribution >= 4 is 22.9 Å². The van der Waals surface area contributed by atoms with Crippen molar-refractivity contribution in [3.8, 4) is 0 Å². The first-order valence-electron chi connectivity index (χ1n) is 9.49. The van der Waals surface area contributed by atoms with Gasteiger partial charge in [-0.15, -0.1) is 5.53 Å². The zero-order valence-electron chi connectivity index (χ0n) is 16.2. The van der Waals surface area contributed by atoms with Gasteiger partial charge in [0.2, 0.25) is 0 Å². The summed E-state index contributed by atoms with van der Waals surface area (Å²) in [6.07, 6.45) is 2.10. The lowest BCUT2D eigenvalue weighted by atomic mass is 9.97. The number of nitrogens with one attached hydrogen (secondary N) is 3. The Kier molecular flexibility index (Phi) is 5.33. The van der Waals surface area contributed by atoms with Crippen LogP contribution in [0.25, 0.3) is 5.57 Å². The van der Waals surface area contributed by atoms with Gasteiger partial charge in [-0.1, -0.05) is 30.9 Å². The summed E-state index contributed by atoms with van der Waals surface area (Å²) in [6.45, 7) is 6.61. The van der Waals surface area contributed by atoms with Crippen LogP contribution in [0, 0.1) is 5.82 Å². The van der Waals surface area contributed by atoms with Gasteiger partial charge in [0.25, 0.3) is 5.91 Å². The van der Waals surface area contributed by atoms with Crippen molar-refractivity contribution in [1.29, 1.82) is 0 Å². The molecule has 6 nitrogen and oxygen atoms in total. The Morgan fingerprint density at radius 1 is 1.24 bits per heavy atom. The minimum Gasteiger partial charge on any atom is -0.344 e. The summed E-state index contributed by atoms with van der Waals surface area (Å²) in [5.74, 6) is -0.351. The lowest BCUT2D eigenvalue weighted by Gasteiger charge is -2.26. The number of allylic oxidation sites excluding steroid dienone is 1. The molecule has 0 spiro atoms. The predicted octanol–water partition coefficient (Wildman–Crippen LogP) is 3.47. The quantitative estimate of drug-likeness (QED) is 0.655. The number of benzene rings is 2. The van der Waals surface area contributed by atoms with Crippen LogP contribution in [0.4, 0.5) is 15.8 Å². The molecule has 0 aromatic heterocycles. The molecule has 3 N–H and O–H groups in total. The van der Waals surface area contributed by atoms with Gasteiger partial charge in [0.1, 0.15) is 12.4 Å². The maximum Gasteiger partial charge on any atom is 0.250 e. The van der Waals surface area contributed by atoms with Crippen molar-refractivity contribution in [1.82, 2.24) is 10.4 Å². The monoisotopic (exact) mass is 394 g/mol. The number of amides is 1. The van der Waals surface area contributed by atoms with Crippen molar-refractivity contribution in [2.75, 3.05) is 24.0 Å². The van der Waals surface area contributed by atoms with Crippen LogP contribution >= 0.6 is 0 Å². The first kappa shape index (κ1) is 19.2. The molecule has 29 heavy (non-hydrogen) atoms. The van der Waals surface area contributed by atoms with Crippen LogP contribution in [-0.4, -0.2) is 30.2 Å². The normalized spacial score (nSPS) is 18.4. The molecule has 4 rings (SSSR count). The third-order valence-electron chi connectivity index (χ3n) is 5.21. The third-order valence-corrected chi connectivity index (χ3v) is 5.21. The average molecular weight is 394 g/mol. The molecule has 2 aromatic rings. The standard InChI is InChI=1S/C22H23FN4O2/c1-3-18(14(2)16-5-7-17(23)8-6-16)22-27(21(28)13-29-22)11-10-15-4-9-19-20(12-15)25-26-24-19/h3-9,12,22,24-26H,2,10-11,13H2,1H3/b18-3+. The average Bonchev–Trinajstić information content (AvgIpc) is 3.34. The molecule has 0 aliphatic carbocycles. The number of fused-ring (bicyclic) bond motifs is 1. The van der Waals surface area contributed by atoms with E-state index in [0.29, 0.717) is 13.0 Å². The second-order valence-electron chi connectivity index (χ2n) is 6.98. The van der Waals surface area contributed by atoms with Crippen LogP contribution in [0.3, 0.4) is 0 Å². The lowest BCUT2D eigenvalue weighted by Crippen LogP contribution is -2.37. The lowest BCUT2D eigenvalue weighted by molar-refractivity contribution is -0.127. The highest BCUT2D eigenvalue weighted by atomic mass is 19.1. The fourth-order valence-electron chi connectivity index (χ4n) is 3.61. The van der Waals surface area contributed by atoms with E-state index in [4.69, 9.17) is 4.74 Å². The van der Waals surface area contributed by atoms with Gasteiger partial charge in [-0.2, -0.15) is 0 Å². The SMILES string of the molecule is C=C(/C(=C\C)C1OCC(=O)N1CCc1ccc2c(c1)NNN2)c1ccc(F)cc1. The van der Waals surface area contributed by atoms with Crippen LogP contribution in [-0.2, 0) is 16.0 Å². The van der Waals surface area contributed by atoms with Crippen LogP contribution in [0.1, 0.15) is 18.1 Å². The number of rotatable bonds is 6. The maximum atomic E-state index is 13.3. The molecule has 1 atom stereocenters. The summed E-state index contributed by atoms with van der Waals surface area (Å²) in [5, 5.41) is 0. The second-order valence-corrected chi connectivity index (χ2v) is 6.98. The Labute approximate surface area is 169 Å². The van der Waals surface area contributed by atoms with E-state index in [1.807, 2.05) is 31.2 Å². The van der Waals surface area contributed by atoms with E-state index in [2.05, 4.69) is 23.0 Å². The number of hydrogen-bond donors (Lipinski definition) is 3. The molecule has 2 aliphatic rings. The first-order valence-corrected chi connectivity index (χ1v) is 9.49. The van der Waals surface area contributed by atoms with E-state index in [-0.39, 0.29) is 18.3 Å². The van der Waals surface area contributed by atoms with E-state index < -0.39 is 6.23 Å². The van der Waals surface area contributed by atoms with Gasteiger partial charge in [0.05, 0.1) is 11.4 Å². The number of hydrogen-bond acceptors (Lipinski definition) is 5. The third kappa shape index (κ3) is 3.87. The van der Waals surface area contributed by atoms with Crippen molar-refractivity contribution < 1.29 is 13.9 Å². The molecule has 0 radical (unpaired) electrons. The fourth-order valence-corrected chi connectivity index (χ4v) is 3.61. The van der Waals surface area contributed by atoms with Gasteiger partial charge in [0, 0.05) is 12.1 Å². The summed E-state index contributed by atoms with van der Waals surface area (Å²) < 4.78 is 19.1. The van der Waals surface area contributed by atoms with Gasteiger partial charge >= 0.3 is 0 Å². The summed E-state index contributed by atoms with van der Waals surface area (Å²) >= 11 is 0. The first-order chi connectivity index (χ1) is 14.1. The Bertz CT molecular complexity index is 971. The number of nitrogens with zero attached hydrogens (tertiary/aromatic N) is 1. The smallest absolute Gasteiger partial charge is 0.250 e. The van der Waals surface area contributed by atoms with Gasteiger partial charge < -0.3 is 20.5 Å². The Morgan fingerprint density at radius 3 is 2.76 bits per heavy atom. The summed E-state index contributed by atoms with van der Waals surface area (Å²) in [4.78, 5) is 14.2. The van der Waals surface area contributed by atoms with E-state index in [1.165, 1.54) is 12.1 Å². The van der Waals surface area contributed by atoms with E-state index in [9.17, 15) is 9.18 Å². The predicted molar refractivity (Wildman–Crippen MR) is 111 cm³/mol. The minimum absolute atomic E-state index is 0.0400. The van der Waals surface area contributed by atoms with Crippen molar-refractivity contribution in [3.05, 3.63) is 77.6 Å². The molecule has 1 fully saturated rings. The van der Waals surface area contributed by atoms with E-state index in [1.54, 1.807) is 17.0 Å². The largest absolute Gasteiger partial charge is 0.344 e. The highest BCUT2D eigenvalue weighted by Gasteiger charge is 2.35. The van der Waals surface area contributed by atoms with Crippen LogP contribution in [0.5, 0.6) is 0 Å². The number of hydrazine groups is 2. The highest BCUT2D eigenvalue weighted by molar-refractivity contribution is 5.84. The molecule has 1 unspecified atom stereocenters. The Morgan fingerprint density at radius 2 is 2.00 bits per heavy atom. The van der Waals surface area contributed by atoms with Crippen molar-refractivity contribution in [2.45, 2.75) is 19.6 Å². The molecular formula is C22H23FN4O2.